The van der Waals surface area contributed by atoms with Crippen LogP contribution in [0.25, 0.3) is 11.1 Å². The lowest BCUT2D eigenvalue weighted by Crippen LogP contribution is -2.46. The second-order valence-electron chi connectivity index (χ2n) is 8.87. The number of hydrogen-bond acceptors (Lipinski definition) is 6. The molecule has 7 nitrogen and oxygen atoms in total. The SMILES string of the molecule is COC(=O)c1csc(S(=O)(=O)NC2(C(=O)Nc3c(-c4cccc(Cl)c4Cl)ccc4c3CCC4)CC2)c1. The number of rotatable bonds is 7. The van der Waals surface area contributed by atoms with Crippen molar-refractivity contribution in [2.45, 2.75) is 41.9 Å². The normalized spacial score (nSPS) is 15.9. The van der Waals surface area contributed by atoms with E-state index in [2.05, 4.69) is 14.8 Å². The summed E-state index contributed by atoms with van der Waals surface area (Å²) in [6.45, 7) is 0. The highest BCUT2D eigenvalue weighted by atomic mass is 35.5. The number of amides is 1. The zero-order valence-electron chi connectivity index (χ0n) is 19.2. The van der Waals surface area contributed by atoms with Gasteiger partial charge in [0.2, 0.25) is 5.91 Å². The first-order valence-electron chi connectivity index (χ1n) is 11.3. The Balaban J connectivity index is 1.46. The van der Waals surface area contributed by atoms with Crippen molar-refractivity contribution in [1.82, 2.24) is 4.72 Å². The minimum atomic E-state index is -4.04. The molecule has 0 bridgehead atoms. The number of thiophene rings is 1. The van der Waals surface area contributed by atoms with Gasteiger partial charge in [-0.1, -0.05) is 47.5 Å². The highest BCUT2D eigenvalue weighted by molar-refractivity contribution is 7.91. The molecule has 0 radical (unpaired) electrons. The van der Waals surface area contributed by atoms with Crippen molar-refractivity contribution in [3.63, 3.8) is 0 Å². The molecule has 1 saturated carbocycles. The third kappa shape index (κ3) is 4.54. The number of carbonyl (C=O) groups is 2. The molecule has 1 aromatic heterocycles. The first-order chi connectivity index (χ1) is 17.1. The minimum Gasteiger partial charge on any atom is -0.465 e. The summed E-state index contributed by atoms with van der Waals surface area (Å²) in [4.78, 5) is 25.3. The number of aryl methyl sites for hydroxylation is 1. The molecule has 5 rings (SSSR count). The van der Waals surface area contributed by atoms with Gasteiger partial charge in [0, 0.05) is 16.5 Å². The Morgan fingerprint density at radius 1 is 1.08 bits per heavy atom. The molecule has 0 spiro atoms. The molecule has 2 aliphatic carbocycles. The van der Waals surface area contributed by atoms with Crippen LogP contribution >= 0.6 is 34.5 Å². The van der Waals surface area contributed by atoms with Crippen LogP contribution in [-0.2, 0) is 32.4 Å². The van der Waals surface area contributed by atoms with Crippen LogP contribution in [-0.4, -0.2) is 32.9 Å². The maximum atomic E-state index is 13.5. The van der Waals surface area contributed by atoms with E-state index in [-0.39, 0.29) is 9.77 Å². The quantitative estimate of drug-likeness (QED) is 0.371. The van der Waals surface area contributed by atoms with Gasteiger partial charge in [0.05, 0.1) is 28.4 Å². The van der Waals surface area contributed by atoms with Crippen LogP contribution in [0, 0.1) is 0 Å². The topological polar surface area (TPSA) is 102 Å². The maximum absolute atomic E-state index is 13.5. The number of halogens is 2. The van der Waals surface area contributed by atoms with Crippen molar-refractivity contribution in [2.24, 2.45) is 0 Å². The Kier molecular flexibility index (Phi) is 6.63. The molecular formula is C25H22Cl2N2O5S2. The molecule has 0 atom stereocenters. The van der Waals surface area contributed by atoms with E-state index >= 15 is 0 Å². The third-order valence-electron chi connectivity index (χ3n) is 6.54. The van der Waals surface area contributed by atoms with Gasteiger partial charge < -0.3 is 10.1 Å². The zero-order chi connectivity index (χ0) is 25.7. The van der Waals surface area contributed by atoms with Gasteiger partial charge in [-0.25, -0.2) is 13.2 Å². The lowest BCUT2D eigenvalue weighted by molar-refractivity contribution is -0.118. The number of hydrogen-bond donors (Lipinski definition) is 2. The van der Waals surface area contributed by atoms with E-state index < -0.39 is 27.4 Å². The Labute approximate surface area is 222 Å². The predicted molar refractivity (Wildman–Crippen MR) is 140 cm³/mol. The predicted octanol–water partition coefficient (Wildman–Crippen LogP) is 5.45. The monoisotopic (exact) mass is 564 g/mol. The summed E-state index contributed by atoms with van der Waals surface area (Å²) in [5, 5.41) is 5.22. The van der Waals surface area contributed by atoms with Crippen LogP contribution in [0.5, 0.6) is 0 Å². The minimum absolute atomic E-state index is 0.0611. The average molecular weight is 566 g/mol. The van der Waals surface area contributed by atoms with Crippen molar-refractivity contribution in [3.05, 3.63) is 68.5 Å². The molecule has 1 amide bonds. The summed E-state index contributed by atoms with van der Waals surface area (Å²) >= 11 is 13.7. The van der Waals surface area contributed by atoms with E-state index in [0.717, 1.165) is 47.3 Å². The van der Waals surface area contributed by atoms with Crippen molar-refractivity contribution < 1.29 is 22.7 Å². The number of nitrogens with one attached hydrogen (secondary N) is 2. The fraction of sp³-hybridized carbons (Fsp3) is 0.280. The standard InChI is InChI=1S/C25H22Cl2N2O5S2/c1-34-23(30)15-12-20(35-13-15)36(32,33)29-25(10-11-25)24(31)28-22-16-5-2-4-14(16)8-9-18(22)17-6-3-7-19(26)21(17)27/h3,6-9,12-13,29H,2,4-5,10-11H2,1H3,(H,28,31). The number of esters is 1. The Morgan fingerprint density at radius 3 is 2.58 bits per heavy atom. The number of carbonyl (C=O) groups excluding carboxylic acids is 2. The van der Waals surface area contributed by atoms with Crippen molar-refractivity contribution in [3.8, 4) is 11.1 Å². The van der Waals surface area contributed by atoms with E-state index in [1.165, 1.54) is 18.6 Å². The molecule has 0 aliphatic heterocycles. The first kappa shape index (κ1) is 25.2. The molecule has 3 aromatic rings. The Morgan fingerprint density at radius 2 is 1.86 bits per heavy atom. The van der Waals surface area contributed by atoms with Crippen LogP contribution in [0.4, 0.5) is 5.69 Å². The number of anilines is 1. The van der Waals surface area contributed by atoms with Gasteiger partial charge in [-0.05, 0) is 55.4 Å². The van der Waals surface area contributed by atoms with Crippen LogP contribution in [0.1, 0.15) is 40.7 Å². The summed E-state index contributed by atoms with van der Waals surface area (Å²) < 4.78 is 33.3. The molecule has 0 unspecified atom stereocenters. The molecule has 2 aromatic carbocycles. The second kappa shape index (κ2) is 9.46. The molecule has 1 fully saturated rings. The van der Waals surface area contributed by atoms with Gasteiger partial charge in [0.25, 0.3) is 10.0 Å². The molecule has 1 heterocycles. The van der Waals surface area contributed by atoms with Gasteiger partial charge in [0.15, 0.2) is 0 Å². The average Bonchev–Trinajstić information content (AvgIpc) is 3.25. The maximum Gasteiger partial charge on any atom is 0.338 e. The highest BCUT2D eigenvalue weighted by Gasteiger charge is 2.53. The van der Waals surface area contributed by atoms with Gasteiger partial charge in [-0.2, -0.15) is 4.72 Å². The number of ether oxygens (including phenoxy) is 1. The van der Waals surface area contributed by atoms with Crippen LogP contribution in [0.3, 0.4) is 0 Å². The number of benzene rings is 2. The fourth-order valence-corrected chi connectivity index (χ4v) is 7.44. The lowest BCUT2D eigenvalue weighted by atomic mass is 9.97. The fourth-order valence-electron chi connectivity index (χ4n) is 4.47. The summed E-state index contributed by atoms with van der Waals surface area (Å²) in [6, 6.07) is 10.5. The number of sulfonamides is 1. The molecular weight excluding hydrogens is 543 g/mol. The molecule has 2 aliphatic rings. The zero-order valence-corrected chi connectivity index (χ0v) is 22.3. The summed E-state index contributed by atoms with van der Waals surface area (Å²) in [6.07, 6.45) is 3.37. The molecule has 188 valence electrons. The van der Waals surface area contributed by atoms with Gasteiger partial charge in [0.1, 0.15) is 9.75 Å². The van der Waals surface area contributed by atoms with E-state index in [1.54, 1.807) is 12.1 Å². The first-order valence-corrected chi connectivity index (χ1v) is 14.4. The van der Waals surface area contributed by atoms with Gasteiger partial charge in [-0.3, -0.25) is 4.79 Å². The van der Waals surface area contributed by atoms with Crippen LogP contribution in [0.2, 0.25) is 10.0 Å². The number of methoxy groups -OCH3 is 1. The molecule has 11 heteroatoms. The van der Waals surface area contributed by atoms with Crippen molar-refractivity contribution >= 4 is 62.1 Å². The van der Waals surface area contributed by atoms with Crippen LogP contribution < -0.4 is 10.0 Å². The lowest BCUT2D eigenvalue weighted by Gasteiger charge is -2.21. The van der Waals surface area contributed by atoms with E-state index in [4.69, 9.17) is 23.2 Å². The van der Waals surface area contributed by atoms with Crippen LogP contribution in [0.15, 0.2) is 46.0 Å². The summed E-state index contributed by atoms with van der Waals surface area (Å²) in [5.41, 5.74) is 3.09. The summed E-state index contributed by atoms with van der Waals surface area (Å²) in [5.74, 6) is -1.06. The Hall–Kier alpha value is -2.43. The number of fused-ring (bicyclic) bond motifs is 1. The largest absolute Gasteiger partial charge is 0.465 e. The van der Waals surface area contributed by atoms with E-state index in [0.29, 0.717) is 34.1 Å². The van der Waals surface area contributed by atoms with Gasteiger partial charge in [-0.15, -0.1) is 11.3 Å². The highest BCUT2D eigenvalue weighted by Crippen LogP contribution is 2.44. The summed E-state index contributed by atoms with van der Waals surface area (Å²) in [7, 11) is -2.82. The smallest absolute Gasteiger partial charge is 0.338 e. The molecule has 2 N–H and O–H groups in total. The molecule has 36 heavy (non-hydrogen) atoms. The van der Waals surface area contributed by atoms with Gasteiger partial charge >= 0.3 is 5.97 Å². The third-order valence-corrected chi connectivity index (χ3v) is 10.3. The molecule has 0 saturated heterocycles. The Bertz CT molecular complexity index is 1500. The van der Waals surface area contributed by atoms with E-state index in [1.807, 2.05) is 18.2 Å². The van der Waals surface area contributed by atoms with Crippen molar-refractivity contribution in [2.75, 3.05) is 12.4 Å². The second-order valence-corrected chi connectivity index (χ2v) is 12.5. The van der Waals surface area contributed by atoms with Crippen molar-refractivity contribution in [1.29, 1.82) is 0 Å². The van der Waals surface area contributed by atoms with E-state index in [9.17, 15) is 18.0 Å².